The van der Waals surface area contributed by atoms with Crippen LogP contribution in [0.1, 0.15) is 39.2 Å². The molecular weight excluding hydrogens is 218 g/mol. The van der Waals surface area contributed by atoms with Crippen LogP contribution < -0.4 is 4.90 Å². The van der Waals surface area contributed by atoms with Crippen LogP contribution in [0.3, 0.4) is 0 Å². The molecule has 1 aromatic carbocycles. The van der Waals surface area contributed by atoms with Gasteiger partial charge in [-0.25, -0.2) is 0 Å². The van der Waals surface area contributed by atoms with E-state index in [4.69, 9.17) is 11.6 Å². The van der Waals surface area contributed by atoms with Gasteiger partial charge in [-0.2, -0.15) is 0 Å². The van der Waals surface area contributed by atoms with Gasteiger partial charge >= 0.3 is 0 Å². The molecule has 0 spiro atoms. The summed E-state index contributed by atoms with van der Waals surface area (Å²) in [5.41, 5.74) is 2.68. The molecule has 0 unspecified atom stereocenters. The maximum Gasteiger partial charge on any atom is 0.0642 e. The molecule has 1 aliphatic rings. The number of rotatable bonds is 1. The second-order valence-electron chi connectivity index (χ2n) is 5.61. The number of nitrogens with zero attached hydrogens (tertiary/aromatic N) is 1. The van der Waals surface area contributed by atoms with E-state index in [-0.39, 0.29) is 5.41 Å². The number of hydrogen-bond acceptors (Lipinski definition) is 1. The molecule has 1 saturated heterocycles. The first kappa shape index (κ1) is 11.8. The van der Waals surface area contributed by atoms with Crippen molar-refractivity contribution < 1.29 is 0 Å². The van der Waals surface area contributed by atoms with E-state index >= 15 is 0 Å². The zero-order chi connectivity index (χ0) is 11.8. The molecule has 1 nitrogen and oxygen atoms in total. The van der Waals surface area contributed by atoms with Gasteiger partial charge in [0.15, 0.2) is 0 Å². The van der Waals surface area contributed by atoms with Crippen molar-refractivity contribution in [3.05, 3.63) is 28.8 Å². The Hall–Kier alpha value is -0.690. The summed E-state index contributed by atoms with van der Waals surface area (Å²) in [6.07, 6.45) is 2.58. The maximum absolute atomic E-state index is 6.37. The fourth-order valence-electron chi connectivity index (χ4n) is 2.19. The Labute approximate surface area is 103 Å². The van der Waals surface area contributed by atoms with E-state index in [1.54, 1.807) is 0 Å². The topological polar surface area (TPSA) is 3.24 Å². The second kappa shape index (κ2) is 4.29. The third-order valence-electron chi connectivity index (χ3n) is 3.26. The molecule has 0 aromatic heterocycles. The lowest BCUT2D eigenvalue weighted by atomic mass is 9.87. The lowest BCUT2D eigenvalue weighted by Crippen LogP contribution is -2.18. The Kier molecular flexibility index (Phi) is 3.16. The predicted octanol–water partition coefficient (Wildman–Crippen LogP) is 4.24. The summed E-state index contributed by atoms with van der Waals surface area (Å²) >= 11 is 6.37. The molecule has 16 heavy (non-hydrogen) atoms. The van der Waals surface area contributed by atoms with Gasteiger partial charge in [0, 0.05) is 13.1 Å². The predicted molar refractivity (Wildman–Crippen MR) is 71.6 cm³/mol. The summed E-state index contributed by atoms with van der Waals surface area (Å²) in [5, 5.41) is 0.898. The number of hydrogen-bond donors (Lipinski definition) is 0. The quantitative estimate of drug-likeness (QED) is 0.706. The average Bonchev–Trinajstić information content (AvgIpc) is 2.69. The normalized spacial score (nSPS) is 16.9. The summed E-state index contributed by atoms with van der Waals surface area (Å²) in [7, 11) is 0. The third-order valence-corrected chi connectivity index (χ3v) is 3.56. The van der Waals surface area contributed by atoms with Crippen LogP contribution >= 0.6 is 11.6 Å². The number of halogens is 1. The molecular formula is C14H20ClN. The van der Waals surface area contributed by atoms with Crippen molar-refractivity contribution in [3.63, 3.8) is 0 Å². The minimum atomic E-state index is 0.174. The zero-order valence-corrected chi connectivity index (χ0v) is 11.1. The van der Waals surface area contributed by atoms with Crippen molar-refractivity contribution >= 4 is 17.3 Å². The summed E-state index contributed by atoms with van der Waals surface area (Å²) < 4.78 is 0. The molecule has 2 heteroatoms. The van der Waals surface area contributed by atoms with Gasteiger partial charge in [-0.3, -0.25) is 0 Å². The first-order chi connectivity index (χ1) is 7.48. The van der Waals surface area contributed by atoms with Crippen molar-refractivity contribution in [2.24, 2.45) is 0 Å². The van der Waals surface area contributed by atoms with Crippen molar-refractivity contribution in [1.82, 2.24) is 0 Å². The van der Waals surface area contributed by atoms with E-state index in [0.717, 1.165) is 18.1 Å². The first-order valence-electron chi connectivity index (χ1n) is 6.03. The molecule has 0 amide bonds. The smallest absolute Gasteiger partial charge is 0.0642 e. The van der Waals surface area contributed by atoms with Gasteiger partial charge in [0.1, 0.15) is 0 Å². The van der Waals surface area contributed by atoms with Gasteiger partial charge in [-0.1, -0.05) is 38.4 Å². The zero-order valence-electron chi connectivity index (χ0n) is 10.4. The monoisotopic (exact) mass is 237 g/mol. The molecule has 0 aliphatic carbocycles. The molecule has 2 rings (SSSR count). The first-order valence-corrected chi connectivity index (χ1v) is 6.41. The summed E-state index contributed by atoms with van der Waals surface area (Å²) in [6.45, 7) is 8.94. The van der Waals surface area contributed by atoms with Crippen LogP contribution in [0.15, 0.2) is 18.2 Å². The highest BCUT2D eigenvalue weighted by molar-refractivity contribution is 6.33. The van der Waals surface area contributed by atoms with Crippen LogP contribution in [0.25, 0.3) is 0 Å². The van der Waals surface area contributed by atoms with Crippen LogP contribution in [0.4, 0.5) is 5.69 Å². The van der Waals surface area contributed by atoms with Crippen LogP contribution in [0, 0.1) is 0 Å². The fraction of sp³-hybridized carbons (Fsp3) is 0.571. The lowest BCUT2D eigenvalue weighted by molar-refractivity contribution is 0.590. The maximum atomic E-state index is 6.37. The Balaban J connectivity index is 2.29. The highest BCUT2D eigenvalue weighted by Gasteiger charge is 2.18. The van der Waals surface area contributed by atoms with E-state index in [1.165, 1.54) is 24.1 Å². The van der Waals surface area contributed by atoms with Crippen LogP contribution in [-0.2, 0) is 5.41 Å². The molecule has 1 heterocycles. The number of benzene rings is 1. The van der Waals surface area contributed by atoms with Gasteiger partial charge in [-0.05, 0) is 36.0 Å². The van der Waals surface area contributed by atoms with Gasteiger partial charge in [0.2, 0.25) is 0 Å². The SMILES string of the molecule is CC(C)(C)c1ccc(N2CCCC2)c(Cl)c1. The van der Waals surface area contributed by atoms with Crippen LogP contribution in [-0.4, -0.2) is 13.1 Å². The summed E-state index contributed by atoms with van der Waals surface area (Å²) in [5.74, 6) is 0. The van der Waals surface area contributed by atoms with Gasteiger partial charge < -0.3 is 4.90 Å². The van der Waals surface area contributed by atoms with E-state index in [2.05, 4.69) is 43.9 Å². The Morgan fingerprint density at radius 3 is 2.25 bits per heavy atom. The van der Waals surface area contributed by atoms with Crippen molar-refractivity contribution in [2.75, 3.05) is 18.0 Å². The summed E-state index contributed by atoms with van der Waals surface area (Å²) in [6, 6.07) is 6.50. The summed E-state index contributed by atoms with van der Waals surface area (Å²) in [4.78, 5) is 2.38. The largest absolute Gasteiger partial charge is 0.370 e. The molecule has 0 atom stereocenters. The molecule has 0 bridgehead atoms. The molecule has 1 aliphatic heterocycles. The molecule has 1 aromatic rings. The van der Waals surface area contributed by atoms with Crippen molar-refractivity contribution in [2.45, 2.75) is 39.0 Å². The Bertz CT molecular complexity index is 373. The van der Waals surface area contributed by atoms with E-state index < -0.39 is 0 Å². The Morgan fingerprint density at radius 2 is 1.75 bits per heavy atom. The molecule has 88 valence electrons. The number of anilines is 1. The lowest BCUT2D eigenvalue weighted by Gasteiger charge is -2.23. The minimum absolute atomic E-state index is 0.174. The minimum Gasteiger partial charge on any atom is -0.370 e. The average molecular weight is 238 g/mol. The highest BCUT2D eigenvalue weighted by atomic mass is 35.5. The molecule has 0 saturated carbocycles. The Morgan fingerprint density at radius 1 is 1.12 bits per heavy atom. The standard InChI is InChI=1S/C14H20ClN/c1-14(2,3)11-6-7-13(12(15)10-11)16-8-4-5-9-16/h6-7,10H,4-5,8-9H2,1-3H3. The van der Waals surface area contributed by atoms with E-state index in [1.807, 2.05) is 0 Å². The molecule has 1 fully saturated rings. The highest BCUT2D eigenvalue weighted by Crippen LogP contribution is 2.33. The van der Waals surface area contributed by atoms with Gasteiger partial charge in [0.25, 0.3) is 0 Å². The van der Waals surface area contributed by atoms with Crippen LogP contribution in [0.2, 0.25) is 5.02 Å². The van der Waals surface area contributed by atoms with E-state index in [9.17, 15) is 0 Å². The molecule has 0 N–H and O–H groups in total. The third kappa shape index (κ3) is 2.35. The van der Waals surface area contributed by atoms with Gasteiger partial charge in [-0.15, -0.1) is 0 Å². The van der Waals surface area contributed by atoms with Gasteiger partial charge in [0.05, 0.1) is 10.7 Å². The van der Waals surface area contributed by atoms with E-state index in [0.29, 0.717) is 0 Å². The second-order valence-corrected chi connectivity index (χ2v) is 6.02. The van der Waals surface area contributed by atoms with Crippen molar-refractivity contribution in [3.8, 4) is 0 Å². The molecule has 0 radical (unpaired) electrons. The van der Waals surface area contributed by atoms with Crippen molar-refractivity contribution in [1.29, 1.82) is 0 Å². The van der Waals surface area contributed by atoms with Crippen LogP contribution in [0.5, 0.6) is 0 Å². The fourth-order valence-corrected chi connectivity index (χ4v) is 2.49.